The molecule has 1 atom stereocenters. The van der Waals surface area contributed by atoms with Crippen LogP contribution in [0.25, 0.3) is 0 Å². The number of benzene rings is 1. The molecule has 4 rings (SSSR count). The maximum absolute atomic E-state index is 12.5. The predicted molar refractivity (Wildman–Crippen MR) is 101 cm³/mol. The number of nitrogens with one attached hydrogen (secondary N) is 1. The van der Waals surface area contributed by atoms with Crippen molar-refractivity contribution in [3.05, 3.63) is 40.9 Å². The summed E-state index contributed by atoms with van der Waals surface area (Å²) in [6, 6.07) is 10.2. The molecule has 1 saturated heterocycles. The van der Waals surface area contributed by atoms with Crippen LogP contribution in [0.15, 0.2) is 30.3 Å². The van der Waals surface area contributed by atoms with E-state index in [9.17, 15) is 9.59 Å². The highest BCUT2D eigenvalue weighted by Crippen LogP contribution is 2.29. The van der Waals surface area contributed by atoms with E-state index in [2.05, 4.69) is 15.5 Å². The molecule has 142 valence electrons. The lowest BCUT2D eigenvalue weighted by Crippen LogP contribution is -2.49. The Kier molecular flexibility index (Phi) is 5.18. The molecule has 2 aliphatic rings. The van der Waals surface area contributed by atoms with Crippen molar-refractivity contribution in [2.75, 3.05) is 11.4 Å². The summed E-state index contributed by atoms with van der Waals surface area (Å²) < 4.78 is 5.87. The highest BCUT2D eigenvalue weighted by molar-refractivity contribution is 7.15. The van der Waals surface area contributed by atoms with Crippen LogP contribution in [0.1, 0.15) is 29.8 Å². The van der Waals surface area contributed by atoms with E-state index in [-0.39, 0.29) is 36.3 Å². The van der Waals surface area contributed by atoms with Crippen molar-refractivity contribution in [1.82, 2.24) is 15.5 Å². The molecular formula is C19H22N4O3S. The first kappa shape index (κ1) is 18.1. The molecule has 2 aromatic rings. The summed E-state index contributed by atoms with van der Waals surface area (Å²) in [5, 5.41) is 12.4. The fraction of sp³-hybridized carbons (Fsp3) is 0.474. The lowest BCUT2D eigenvalue weighted by atomic mass is 9.88. The first-order valence-electron chi connectivity index (χ1n) is 9.15. The number of aryl methyl sites for hydroxylation is 1. The molecule has 1 N–H and O–H groups in total. The number of ether oxygens (including phenoxy) is 1. The van der Waals surface area contributed by atoms with Crippen LogP contribution in [-0.2, 0) is 20.9 Å². The minimum atomic E-state index is -0.328. The monoisotopic (exact) mass is 386 g/mol. The second kappa shape index (κ2) is 7.74. The van der Waals surface area contributed by atoms with Crippen molar-refractivity contribution in [2.24, 2.45) is 5.92 Å². The zero-order chi connectivity index (χ0) is 18.8. The third kappa shape index (κ3) is 4.17. The third-order valence-electron chi connectivity index (χ3n) is 5.01. The Bertz CT molecular complexity index is 819. The van der Waals surface area contributed by atoms with Crippen LogP contribution in [0, 0.1) is 12.8 Å². The number of amides is 2. The minimum Gasteiger partial charge on any atom is -0.373 e. The first-order chi connectivity index (χ1) is 13.1. The van der Waals surface area contributed by atoms with Crippen molar-refractivity contribution in [2.45, 2.75) is 44.9 Å². The second-order valence-electron chi connectivity index (χ2n) is 7.10. The smallest absolute Gasteiger partial charge is 0.229 e. The normalized spacial score (nSPS) is 24.7. The molecule has 2 amide bonds. The van der Waals surface area contributed by atoms with E-state index in [0.29, 0.717) is 18.3 Å². The number of carbonyl (C=O) groups is 2. The zero-order valence-electron chi connectivity index (χ0n) is 15.1. The van der Waals surface area contributed by atoms with E-state index in [1.807, 2.05) is 37.3 Å². The van der Waals surface area contributed by atoms with Gasteiger partial charge in [0.1, 0.15) is 5.01 Å². The van der Waals surface area contributed by atoms with E-state index >= 15 is 0 Å². The van der Waals surface area contributed by atoms with Crippen molar-refractivity contribution < 1.29 is 14.3 Å². The van der Waals surface area contributed by atoms with Crippen LogP contribution in [0.4, 0.5) is 5.13 Å². The molecule has 1 unspecified atom stereocenters. The maximum Gasteiger partial charge on any atom is 0.229 e. The van der Waals surface area contributed by atoms with Gasteiger partial charge >= 0.3 is 0 Å². The van der Waals surface area contributed by atoms with Crippen LogP contribution in [-0.4, -0.2) is 40.7 Å². The lowest BCUT2D eigenvalue weighted by Gasteiger charge is -2.36. The third-order valence-corrected chi connectivity index (χ3v) is 5.87. The molecule has 7 nitrogen and oxygen atoms in total. The average molecular weight is 386 g/mol. The molecule has 2 fully saturated rings. The van der Waals surface area contributed by atoms with Gasteiger partial charge in [-0.05, 0) is 25.3 Å². The van der Waals surface area contributed by atoms with Gasteiger partial charge in [-0.25, -0.2) is 0 Å². The summed E-state index contributed by atoms with van der Waals surface area (Å²) in [5.74, 6) is -0.450. The van der Waals surface area contributed by atoms with Gasteiger partial charge in [0.05, 0.1) is 18.6 Å². The topological polar surface area (TPSA) is 84.4 Å². The van der Waals surface area contributed by atoms with E-state index in [1.54, 1.807) is 4.90 Å². The van der Waals surface area contributed by atoms with Crippen LogP contribution in [0.2, 0.25) is 0 Å². The Balaban J connectivity index is 1.21. The fourth-order valence-corrected chi connectivity index (χ4v) is 4.10. The largest absolute Gasteiger partial charge is 0.373 e. The molecule has 27 heavy (non-hydrogen) atoms. The molecule has 2 heterocycles. The van der Waals surface area contributed by atoms with Gasteiger partial charge in [0.25, 0.3) is 0 Å². The molecular weight excluding hydrogens is 364 g/mol. The Hall–Kier alpha value is -2.32. The Morgan fingerprint density at radius 2 is 2.07 bits per heavy atom. The number of nitrogens with zero attached hydrogens (tertiary/aromatic N) is 3. The van der Waals surface area contributed by atoms with E-state index in [1.165, 1.54) is 11.3 Å². The fourth-order valence-electron chi connectivity index (χ4n) is 3.39. The highest BCUT2D eigenvalue weighted by atomic mass is 32.1. The zero-order valence-corrected chi connectivity index (χ0v) is 15.9. The Labute approximate surface area is 161 Å². The average Bonchev–Trinajstić information content (AvgIpc) is 3.23. The first-order valence-corrected chi connectivity index (χ1v) is 9.96. The van der Waals surface area contributed by atoms with Gasteiger partial charge in [-0.3, -0.25) is 14.5 Å². The summed E-state index contributed by atoms with van der Waals surface area (Å²) in [7, 11) is 0. The molecule has 1 aromatic heterocycles. The minimum absolute atomic E-state index is 0.0569. The second-order valence-corrected chi connectivity index (χ2v) is 8.26. The van der Waals surface area contributed by atoms with Crippen molar-refractivity contribution >= 4 is 28.3 Å². The van der Waals surface area contributed by atoms with Crippen molar-refractivity contribution in [3.8, 4) is 0 Å². The highest BCUT2D eigenvalue weighted by Gasteiger charge is 2.39. The molecule has 0 spiro atoms. The molecule has 0 bridgehead atoms. The number of anilines is 1. The summed E-state index contributed by atoms with van der Waals surface area (Å²) in [4.78, 5) is 26.3. The predicted octanol–water partition coefficient (Wildman–Crippen LogP) is 2.06. The SMILES string of the molecule is Cc1nnc(N2CC(C(=O)NC3CC(OCc4ccccc4)C3)CC2=O)s1. The van der Waals surface area contributed by atoms with Gasteiger partial charge in [-0.2, -0.15) is 0 Å². The van der Waals surface area contributed by atoms with Gasteiger partial charge in [-0.15, -0.1) is 10.2 Å². The number of hydrogen-bond donors (Lipinski definition) is 1. The number of rotatable bonds is 6. The maximum atomic E-state index is 12.5. The van der Waals surface area contributed by atoms with Crippen LogP contribution in [0.5, 0.6) is 0 Å². The van der Waals surface area contributed by atoms with Crippen LogP contribution in [0.3, 0.4) is 0 Å². The number of hydrogen-bond acceptors (Lipinski definition) is 6. The quantitative estimate of drug-likeness (QED) is 0.822. The summed E-state index contributed by atoms with van der Waals surface area (Å²) in [5.41, 5.74) is 1.15. The van der Waals surface area contributed by atoms with Gasteiger partial charge in [0, 0.05) is 19.0 Å². The number of aromatic nitrogens is 2. The van der Waals surface area contributed by atoms with Gasteiger partial charge in [0.2, 0.25) is 16.9 Å². The molecule has 1 saturated carbocycles. The molecule has 1 aromatic carbocycles. The number of carbonyl (C=O) groups excluding carboxylic acids is 2. The molecule has 8 heteroatoms. The van der Waals surface area contributed by atoms with Crippen molar-refractivity contribution in [3.63, 3.8) is 0 Å². The van der Waals surface area contributed by atoms with Crippen molar-refractivity contribution in [1.29, 1.82) is 0 Å². The summed E-state index contributed by atoms with van der Waals surface area (Å²) in [6.45, 7) is 2.82. The molecule has 1 aliphatic heterocycles. The summed E-state index contributed by atoms with van der Waals surface area (Å²) >= 11 is 1.37. The van der Waals surface area contributed by atoms with Gasteiger partial charge in [-0.1, -0.05) is 41.7 Å². The van der Waals surface area contributed by atoms with E-state index in [0.717, 1.165) is 23.4 Å². The molecule has 0 radical (unpaired) electrons. The van der Waals surface area contributed by atoms with Crippen LogP contribution >= 0.6 is 11.3 Å². The van der Waals surface area contributed by atoms with Gasteiger partial charge in [0.15, 0.2) is 0 Å². The van der Waals surface area contributed by atoms with E-state index < -0.39 is 0 Å². The standard InChI is InChI=1S/C19H22N4O3S/c1-12-21-22-19(27-12)23-10-14(7-17(23)24)18(25)20-15-8-16(9-15)26-11-13-5-3-2-4-6-13/h2-6,14-16H,7-11H2,1H3,(H,20,25). The van der Waals surface area contributed by atoms with Gasteiger partial charge < -0.3 is 10.1 Å². The van der Waals surface area contributed by atoms with Crippen LogP contribution < -0.4 is 10.2 Å². The summed E-state index contributed by atoms with van der Waals surface area (Å²) in [6.07, 6.45) is 2.05. The lowest BCUT2D eigenvalue weighted by molar-refractivity contribution is -0.128. The Morgan fingerprint density at radius 1 is 1.30 bits per heavy atom. The molecule has 1 aliphatic carbocycles. The van der Waals surface area contributed by atoms with E-state index in [4.69, 9.17) is 4.74 Å². The Morgan fingerprint density at radius 3 is 2.78 bits per heavy atom.